The zero-order valence-electron chi connectivity index (χ0n) is 10.3. The van der Waals surface area contributed by atoms with Crippen LogP contribution in [0, 0.1) is 11.3 Å². The van der Waals surface area contributed by atoms with Crippen LogP contribution in [0.25, 0.3) is 0 Å². The van der Waals surface area contributed by atoms with Gasteiger partial charge in [-0.05, 0) is 24.3 Å². The van der Waals surface area contributed by atoms with Gasteiger partial charge in [0, 0.05) is 18.0 Å². The van der Waals surface area contributed by atoms with Crippen LogP contribution in [-0.2, 0) is 0 Å². The number of benzene rings is 1. The topological polar surface area (TPSA) is 84.2 Å². The third-order valence-electron chi connectivity index (χ3n) is 2.75. The van der Waals surface area contributed by atoms with Gasteiger partial charge in [0.2, 0.25) is 6.79 Å². The lowest BCUT2D eigenvalue weighted by atomic mass is 10.2. The van der Waals surface area contributed by atoms with Crippen LogP contribution in [-0.4, -0.2) is 17.7 Å². The Balaban J connectivity index is 1.80. The number of hydrogen-bond acceptors (Lipinski definition) is 5. The number of nitrogens with zero attached hydrogens (tertiary/aromatic N) is 2. The fourth-order valence-electron chi connectivity index (χ4n) is 1.79. The molecule has 0 fully saturated rings. The summed E-state index contributed by atoms with van der Waals surface area (Å²) in [5.41, 5.74) is 1.14. The van der Waals surface area contributed by atoms with E-state index >= 15 is 0 Å². The number of nitrogens with one attached hydrogen (secondary N) is 1. The summed E-state index contributed by atoms with van der Waals surface area (Å²) >= 11 is 0. The standard InChI is InChI=1S/C14H9N3O3/c15-7-9-3-4-16-11(5-9)14(18)17-10-1-2-12-13(6-10)20-8-19-12/h1-6H,8H2,(H,17,18). The minimum absolute atomic E-state index is 0.179. The van der Waals surface area contributed by atoms with E-state index in [9.17, 15) is 4.79 Å². The van der Waals surface area contributed by atoms with Crippen molar-refractivity contribution in [3.8, 4) is 17.6 Å². The molecule has 1 aliphatic heterocycles. The van der Waals surface area contributed by atoms with Gasteiger partial charge in [-0.2, -0.15) is 5.26 Å². The number of hydrogen-bond donors (Lipinski definition) is 1. The third kappa shape index (κ3) is 2.24. The number of anilines is 1. The Morgan fingerprint density at radius 3 is 2.95 bits per heavy atom. The van der Waals surface area contributed by atoms with Crippen molar-refractivity contribution < 1.29 is 14.3 Å². The number of ether oxygens (including phenoxy) is 2. The molecule has 1 amide bonds. The maximum absolute atomic E-state index is 12.0. The lowest BCUT2D eigenvalue weighted by molar-refractivity contribution is 0.102. The molecule has 0 spiro atoms. The Morgan fingerprint density at radius 1 is 1.25 bits per heavy atom. The van der Waals surface area contributed by atoms with Crippen molar-refractivity contribution in [2.75, 3.05) is 12.1 Å². The fraction of sp³-hybridized carbons (Fsp3) is 0.0714. The molecule has 1 aromatic heterocycles. The van der Waals surface area contributed by atoms with E-state index in [1.165, 1.54) is 18.3 Å². The van der Waals surface area contributed by atoms with Gasteiger partial charge in [0.15, 0.2) is 11.5 Å². The van der Waals surface area contributed by atoms with Gasteiger partial charge in [-0.15, -0.1) is 0 Å². The summed E-state index contributed by atoms with van der Waals surface area (Å²) in [6.45, 7) is 0.179. The highest BCUT2D eigenvalue weighted by molar-refractivity contribution is 6.03. The summed E-state index contributed by atoms with van der Waals surface area (Å²) < 4.78 is 10.4. The first-order valence-electron chi connectivity index (χ1n) is 5.83. The second-order valence-electron chi connectivity index (χ2n) is 4.06. The summed E-state index contributed by atoms with van der Waals surface area (Å²) in [4.78, 5) is 16.0. The molecule has 2 heterocycles. The smallest absolute Gasteiger partial charge is 0.274 e. The normalized spacial score (nSPS) is 11.8. The molecule has 0 saturated heterocycles. The largest absolute Gasteiger partial charge is 0.454 e. The molecule has 98 valence electrons. The Morgan fingerprint density at radius 2 is 2.10 bits per heavy atom. The molecule has 3 rings (SSSR count). The van der Waals surface area contributed by atoms with Crippen LogP contribution >= 0.6 is 0 Å². The minimum atomic E-state index is -0.388. The molecule has 0 saturated carbocycles. The molecule has 0 unspecified atom stereocenters. The first kappa shape index (κ1) is 12.0. The van der Waals surface area contributed by atoms with Crippen molar-refractivity contribution in [2.24, 2.45) is 0 Å². The molecule has 2 aromatic rings. The van der Waals surface area contributed by atoms with Gasteiger partial charge in [0.1, 0.15) is 5.69 Å². The van der Waals surface area contributed by atoms with E-state index in [-0.39, 0.29) is 18.4 Å². The van der Waals surface area contributed by atoms with Crippen molar-refractivity contribution in [1.82, 2.24) is 4.98 Å². The average molecular weight is 267 g/mol. The Kier molecular flexibility index (Phi) is 2.94. The Bertz CT molecular complexity index is 722. The molecule has 0 radical (unpaired) electrons. The number of carbonyl (C=O) groups excluding carboxylic acids is 1. The van der Waals surface area contributed by atoms with E-state index in [0.29, 0.717) is 22.7 Å². The number of fused-ring (bicyclic) bond motifs is 1. The number of rotatable bonds is 2. The van der Waals surface area contributed by atoms with Crippen LogP contribution in [0.1, 0.15) is 16.1 Å². The third-order valence-corrected chi connectivity index (χ3v) is 2.75. The molecular formula is C14H9N3O3. The molecule has 6 nitrogen and oxygen atoms in total. The van der Waals surface area contributed by atoms with Crippen LogP contribution in [0.15, 0.2) is 36.5 Å². The summed E-state index contributed by atoms with van der Waals surface area (Å²) in [5.74, 6) is 0.843. The highest BCUT2D eigenvalue weighted by atomic mass is 16.7. The second kappa shape index (κ2) is 4.90. The van der Waals surface area contributed by atoms with Gasteiger partial charge in [0.05, 0.1) is 11.6 Å². The predicted octanol–water partition coefficient (Wildman–Crippen LogP) is 1.93. The van der Waals surface area contributed by atoms with Crippen LogP contribution in [0.4, 0.5) is 5.69 Å². The number of pyridine rings is 1. The van der Waals surface area contributed by atoms with E-state index in [1.54, 1.807) is 18.2 Å². The molecule has 20 heavy (non-hydrogen) atoms. The van der Waals surface area contributed by atoms with Gasteiger partial charge in [-0.1, -0.05) is 0 Å². The monoisotopic (exact) mass is 267 g/mol. The molecular weight excluding hydrogens is 258 g/mol. The first-order chi connectivity index (χ1) is 9.76. The Labute approximate surface area is 114 Å². The summed E-state index contributed by atoms with van der Waals surface area (Å²) in [6, 6.07) is 10.0. The van der Waals surface area contributed by atoms with Crippen LogP contribution in [0.3, 0.4) is 0 Å². The van der Waals surface area contributed by atoms with E-state index < -0.39 is 0 Å². The number of amides is 1. The molecule has 0 atom stereocenters. The van der Waals surface area contributed by atoms with Crippen molar-refractivity contribution in [2.45, 2.75) is 0 Å². The van der Waals surface area contributed by atoms with Gasteiger partial charge in [0.25, 0.3) is 5.91 Å². The summed E-state index contributed by atoms with van der Waals surface area (Å²) in [6.07, 6.45) is 1.42. The highest BCUT2D eigenvalue weighted by Gasteiger charge is 2.15. The van der Waals surface area contributed by atoms with E-state index in [0.717, 1.165) is 0 Å². The SMILES string of the molecule is N#Cc1ccnc(C(=O)Nc2ccc3c(c2)OCO3)c1. The fourth-order valence-corrected chi connectivity index (χ4v) is 1.79. The van der Waals surface area contributed by atoms with Crippen molar-refractivity contribution in [3.05, 3.63) is 47.8 Å². The van der Waals surface area contributed by atoms with Crippen LogP contribution in [0.2, 0.25) is 0 Å². The zero-order valence-corrected chi connectivity index (χ0v) is 10.3. The number of aromatic nitrogens is 1. The zero-order chi connectivity index (χ0) is 13.9. The van der Waals surface area contributed by atoms with Gasteiger partial charge >= 0.3 is 0 Å². The summed E-state index contributed by atoms with van der Waals surface area (Å²) in [5, 5.41) is 11.5. The first-order valence-corrected chi connectivity index (χ1v) is 5.83. The van der Waals surface area contributed by atoms with Gasteiger partial charge in [-0.25, -0.2) is 0 Å². The van der Waals surface area contributed by atoms with Gasteiger partial charge in [-0.3, -0.25) is 9.78 Å². The number of nitriles is 1. The maximum Gasteiger partial charge on any atom is 0.274 e. The minimum Gasteiger partial charge on any atom is -0.454 e. The van der Waals surface area contributed by atoms with Crippen LogP contribution < -0.4 is 14.8 Å². The maximum atomic E-state index is 12.0. The molecule has 1 aliphatic rings. The van der Waals surface area contributed by atoms with Crippen molar-refractivity contribution in [1.29, 1.82) is 5.26 Å². The molecule has 1 N–H and O–H groups in total. The Hall–Kier alpha value is -3.07. The molecule has 6 heteroatoms. The van der Waals surface area contributed by atoms with E-state index in [4.69, 9.17) is 14.7 Å². The highest BCUT2D eigenvalue weighted by Crippen LogP contribution is 2.34. The lowest BCUT2D eigenvalue weighted by Crippen LogP contribution is -2.13. The number of carbonyl (C=O) groups is 1. The predicted molar refractivity (Wildman–Crippen MR) is 69.5 cm³/mol. The van der Waals surface area contributed by atoms with Gasteiger partial charge < -0.3 is 14.8 Å². The van der Waals surface area contributed by atoms with Crippen LogP contribution in [0.5, 0.6) is 11.5 Å². The van der Waals surface area contributed by atoms with Crippen molar-refractivity contribution >= 4 is 11.6 Å². The van der Waals surface area contributed by atoms with Crippen molar-refractivity contribution in [3.63, 3.8) is 0 Å². The van der Waals surface area contributed by atoms with E-state index in [2.05, 4.69) is 10.3 Å². The lowest BCUT2D eigenvalue weighted by Gasteiger charge is -2.05. The second-order valence-corrected chi connectivity index (χ2v) is 4.06. The molecule has 0 bridgehead atoms. The molecule has 0 aliphatic carbocycles. The molecule has 1 aromatic carbocycles. The average Bonchev–Trinajstić information content (AvgIpc) is 2.95. The quantitative estimate of drug-likeness (QED) is 0.898. The summed E-state index contributed by atoms with van der Waals surface area (Å²) in [7, 11) is 0. The van der Waals surface area contributed by atoms with E-state index in [1.807, 2.05) is 6.07 Å².